The molecule has 0 fully saturated rings. The summed E-state index contributed by atoms with van der Waals surface area (Å²) in [5.74, 6) is 0.789. The Bertz CT molecular complexity index is 514. The van der Waals surface area contributed by atoms with Gasteiger partial charge in [-0.25, -0.2) is 4.98 Å². The van der Waals surface area contributed by atoms with Gasteiger partial charge in [0.15, 0.2) is 0 Å². The summed E-state index contributed by atoms with van der Waals surface area (Å²) in [4.78, 5) is 4.22. The molecule has 3 N–H and O–H groups in total. The van der Waals surface area contributed by atoms with E-state index in [0.29, 0.717) is 5.69 Å². The molecule has 0 radical (unpaired) electrons. The lowest BCUT2D eigenvalue weighted by Crippen LogP contribution is -2.08. The van der Waals surface area contributed by atoms with Crippen LogP contribution in [0.1, 0.15) is 18.5 Å². The largest absolute Gasteiger partial charge is 0.399 e. The van der Waals surface area contributed by atoms with Crippen LogP contribution in [0.25, 0.3) is 0 Å². The first-order valence-corrected chi connectivity index (χ1v) is 6.18. The normalized spacial score (nSPS) is 12.1. The molecule has 3 nitrogen and oxygen atoms in total. The Morgan fingerprint density at radius 1 is 1.29 bits per heavy atom. The van der Waals surface area contributed by atoms with Gasteiger partial charge in [-0.05, 0) is 30.7 Å². The van der Waals surface area contributed by atoms with Gasteiger partial charge in [-0.1, -0.05) is 28.1 Å². The minimum Gasteiger partial charge on any atom is -0.399 e. The van der Waals surface area contributed by atoms with Gasteiger partial charge >= 0.3 is 0 Å². The Kier molecular flexibility index (Phi) is 3.64. The standard InChI is InChI=1S/C13H14BrN3/c1-9(10-3-2-4-11(14)7-10)17-13-8-12(15)5-6-16-13/h2-9H,1H3,(H3,15,16,17). The highest BCUT2D eigenvalue weighted by atomic mass is 79.9. The second-order valence-corrected chi connectivity index (χ2v) is 4.81. The van der Waals surface area contributed by atoms with E-state index in [0.717, 1.165) is 10.3 Å². The topological polar surface area (TPSA) is 50.9 Å². The van der Waals surface area contributed by atoms with Crippen LogP contribution in [0.15, 0.2) is 47.1 Å². The van der Waals surface area contributed by atoms with Gasteiger partial charge in [-0.15, -0.1) is 0 Å². The average Bonchev–Trinajstić information content (AvgIpc) is 2.29. The highest BCUT2D eigenvalue weighted by Crippen LogP contribution is 2.21. The molecular weight excluding hydrogens is 278 g/mol. The molecule has 0 bridgehead atoms. The molecule has 4 heteroatoms. The number of aromatic nitrogens is 1. The van der Waals surface area contributed by atoms with Crippen molar-refractivity contribution in [1.82, 2.24) is 4.98 Å². The van der Waals surface area contributed by atoms with Crippen LogP contribution in [0.5, 0.6) is 0 Å². The first kappa shape index (κ1) is 11.9. The number of hydrogen-bond donors (Lipinski definition) is 2. The lowest BCUT2D eigenvalue weighted by molar-refractivity contribution is 0.874. The predicted molar refractivity (Wildman–Crippen MR) is 74.8 cm³/mol. The zero-order chi connectivity index (χ0) is 12.3. The smallest absolute Gasteiger partial charge is 0.128 e. The maximum atomic E-state index is 5.71. The molecule has 1 atom stereocenters. The van der Waals surface area contributed by atoms with Crippen molar-refractivity contribution in [3.8, 4) is 0 Å². The van der Waals surface area contributed by atoms with Crippen LogP contribution < -0.4 is 11.1 Å². The zero-order valence-electron chi connectivity index (χ0n) is 9.52. The van der Waals surface area contributed by atoms with E-state index in [2.05, 4.69) is 45.3 Å². The van der Waals surface area contributed by atoms with Crippen molar-refractivity contribution in [2.24, 2.45) is 0 Å². The Hall–Kier alpha value is -1.55. The summed E-state index contributed by atoms with van der Waals surface area (Å²) in [6.45, 7) is 2.09. The molecule has 0 saturated heterocycles. The third-order valence-electron chi connectivity index (χ3n) is 2.50. The maximum Gasteiger partial charge on any atom is 0.128 e. The number of nitrogens with zero attached hydrogens (tertiary/aromatic N) is 1. The molecular formula is C13H14BrN3. The van der Waals surface area contributed by atoms with Crippen LogP contribution in [-0.2, 0) is 0 Å². The van der Waals surface area contributed by atoms with E-state index in [-0.39, 0.29) is 6.04 Å². The fourth-order valence-electron chi connectivity index (χ4n) is 1.61. The molecule has 0 aliphatic carbocycles. The van der Waals surface area contributed by atoms with Gasteiger partial charge in [-0.3, -0.25) is 0 Å². The van der Waals surface area contributed by atoms with Gasteiger partial charge in [0.05, 0.1) is 0 Å². The van der Waals surface area contributed by atoms with Crippen LogP contribution in [0.4, 0.5) is 11.5 Å². The molecule has 17 heavy (non-hydrogen) atoms. The molecule has 1 heterocycles. The lowest BCUT2D eigenvalue weighted by Gasteiger charge is -2.15. The number of benzene rings is 1. The molecule has 0 saturated carbocycles. The van der Waals surface area contributed by atoms with Gasteiger partial charge in [-0.2, -0.15) is 0 Å². The van der Waals surface area contributed by atoms with E-state index in [9.17, 15) is 0 Å². The highest BCUT2D eigenvalue weighted by molar-refractivity contribution is 9.10. The van der Waals surface area contributed by atoms with Crippen LogP contribution in [0.3, 0.4) is 0 Å². The van der Waals surface area contributed by atoms with Crippen molar-refractivity contribution < 1.29 is 0 Å². The van der Waals surface area contributed by atoms with Gasteiger partial charge in [0.1, 0.15) is 5.82 Å². The van der Waals surface area contributed by atoms with Crippen molar-refractivity contribution in [2.75, 3.05) is 11.1 Å². The Balaban J connectivity index is 2.14. The fraction of sp³-hybridized carbons (Fsp3) is 0.154. The molecule has 0 spiro atoms. The summed E-state index contributed by atoms with van der Waals surface area (Å²) in [6.07, 6.45) is 1.70. The first-order chi connectivity index (χ1) is 8.15. The second kappa shape index (κ2) is 5.19. The van der Waals surface area contributed by atoms with E-state index in [1.165, 1.54) is 5.56 Å². The van der Waals surface area contributed by atoms with Crippen LogP contribution in [-0.4, -0.2) is 4.98 Å². The lowest BCUT2D eigenvalue weighted by atomic mass is 10.1. The molecule has 2 aromatic rings. The van der Waals surface area contributed by atoms with E-state index in [4.69, 9.17) is 5.73 Å². The van der Waals surface area contributed by atoms with E-state index in [1.54, 1.807) is 12.3 Å². The molecule has 0 aliphatic heterocycles. The summed E-state index contributed by atoms with van der Waals surface area (Å²) in [6, 6.07) is 12.0. The number of nitrogens with two attached hydrogens (primary N) is 1. The van der Waals surface area contributed by atoms with Crippen molar-refractivity contribution in [1.29, 1.82) is 0 Å². The summed E-state index contributed by atoms with van der Waals surface area (Å²) in [5.41, 5.74) is 7.62. The number of halogens is 1. The summed E-state index contributed by atoms with van der Waals surface area (Å²) in [5, 5.41) is 3.31. The van der Waals surface area contributed by atoms with Gasteiger partial charge in [0, 0.05) is 28.5 Å². The third kappa shape index (κ3) is 3.20. The SMILES string of the molecule is CC(Nc1cc(N)ccn1)c1cccc(Br)c1. The van der Waals surface area contributed by atoms with Gasteiger partial charge < -0.3 is 11.1 Å². The van der Waals surface area contributed by atoms with E-state index >= 15 is 0 Å². The molecule has 1 aromatic carbocycles. The molecule has 0 amide bonds. The quantitative estimate of drug-likeness (QED) is 0.908. The minimum absolute atomic E-state index is 0.182. The Morgan fingerprint density at radius 3 is 2.82 bits per heavy atom. The summed E-state index contributed by atoms with van der Waals surface area (Å²) in [7, 11) is 0. The van der Waals surface area contributed by atoms with Crippen LogP contribution in [0.2, 0.25) is 0 Å². The van der Waals surface area contributed by atoms with Crippen molar-refractivity contribution in [2.45, 2.75) is 13.0 Å². The molecule has 1 unspecified atom stereocenters. The van der Waals surface area contributed by atoms with E-state index < -0.39 is 0 Å². The second-order valence-electron chi connectivity index (χ2n) is 3.90. The predicted octanol–water partition coefficient (Wildman–Crippen LogP) is 3.60. The minimum atomic E-state index is 0.182. The van der Waals surface area contributed by atoms with Crippen molar-refractivity contribution >= 4 is 27.4 Å². The number of nitrogens with one attached hydrogen (secondary N) is 1. The number of anilines is 2. The first-order valence-electron chi connectivity index (χ1n) is 5.38. The average molecular weight is 292 g/mol. The Morgan fingerprint density at radius 2 is 2.12 bits per heavy atom. The number of nitrogen functional groups attached to an aromatic ring is 1. The van der Waals surface area contributed by atoms with E-state index in [1.807, 2.05) is 18.2 Å². The number of hydrogen-bond acceptors (Lipinski definition) is 3. The number of pyridine rings is 1. The molecule has 1 aromatic heterocycles. The van der Waals surface area contributed by atoms with Crippen LogP contribution in [0, 0.1) is 0 Å². The summed E-state index contributed by atoms with van der Waals surface area (Å²) < 4.78 is 1.07. The third-order valence-corrected chi connectivity index (χ3v) is 2.99. The monoisotopic (exact) mass is 291 g/mol. The zero-order valence-corrected chi connectivity index (χ0v) is 11.1. The maximum absolute atomic E-state index is 5.71. The number of rotatable bonds is 3. The molecule has 88 valence electrons. The molecule has 0 aliphatic rings. The molecule has 2 rings (SSSR count). The van der Waals surface area contributed by atoms with Crippen molar-refractivity contribution in [3.05, 3.63) is 52.6 Å². The van der Waals surface area contributed by atoms with Gasteiger partial charge in [0.25, 0.3) is 0 Å². The van der Waals surface area contributed by atoms with Crippen molar-refractivity contribution in [3.63, 3.8) is 0 Å². The highest BCUT2D eigenvalue weighted by Gasteiger charge is 2.06. The Labute approximate surface area is 109 Å². The van der Waals surface area contributed by atoms with Gasteiger partial charge in [0.2, 0.25) is 0 Å². The summed E-state index contributed by atoms with van der Waals surface area (Å²) >= 11 is 3.46. The fourth-order valence-corrected chi connectivity index (χ4v) is 2.02. The van der Waals surface area contributed by atoms with Crippen LogP contribution >= 0.6 is 15.9 Å².